The van der Waals surface area contributed by atoms with Gasteiger partial charge >= 0.3 is 0 Å². The van der Waals surface area contributed by atoms with Gasteiger partial charge in [-0.3, -0.25) is 9.97 Å². The fourth-order valence-corrected chi connectivity index (χ4v) is 3.30. The summed E-state index contributed by atoms with van der Waals surface area (Å²) in [6.07, 6.45) is 5.08. The first kappa shape index (κ1) is 18.2. The number of nitrogens with zero attached hydrogens (tertiary/aromatic N) is 6. The van der Waals surface area contributed by atoms with Gasteiger partial charge < -0.3 is 20.7 Å². The summed E-state index contributed by atoms with van der Waals surface area (Å²) in [5, 5.41) is 3.38. The lowest BCUT2D eigenvalue weighted by Gasteiger charge is -2.27. The molecule has 1 aliphatic rings. The third-order valence-electron chi connectivity index (χ3n) is 4.83. The summed E-state index contributed by atoms with van der Waals surface area (Å²) in [5.74, 6) is 1.80. The first-order valence-electron chi connectivity index (χ1n) is 9.66. The maximum absolute atomic E-state index is 5.74. The molecule has 0 radical (unpaired) electrons. The predicted octanol–water partition coefficient (Wildman–Crippen LogP) is 2.64. The van der Waals surface area contributed by atoms with Gasteiger partial charge in [0.25, 0.3) is 0 Å². The van der Waals surface area contributed by atoms with Crippen molar-refractivity contribution in [2.45, 2.75) is 0 Å². The van der Waals surface area contributed by atoms with Gasteiger partial charge in [-0.2, -0.15) is 4.98 Å². The number of rotatable bonds is 4. The first-order valence-corrected chi connectivity index (χ1v) is 9.66. The molecule has 0 saturated carbocycles. The van der Waals surface area contributed by atoms with Crippen molar-refractivity contribution in [1.82, 2.24) is 24.9 Å². The van der Waals surface area contributed by atoms with Crippen molar-refractivity contribution >= 4 is 34.3 Å². The van der Waals surface area contributed by atoms with Gasteiger partial charge in [0.1, 0.15) is 11.6 Å². The molecule has 4 heterocycles. The molecule has 1 aliphatic heterocycles. The molecular weight excluding hydrogens is 380 g/mol. The van der Waals surface area contributed by atoms with E-state index in [1.165, 1.54) is 0 Å². The number of aromatic nitrogens is 5. The molecule has 0 unspecified atom stereocenters. The van der Waals surface area contributed by atoms with Crippen molar-refractivity contribution in [3.63, 3.8) is 0 Å². The molecule has 1 aromatic carbocycles. The van der Waals surface area contributed by atoms with E-state index in [0.29, 0.717) is 30.8 Å². The number of morpholine rings is 1. The lowest BCUT2D eigenvalue weighted by atomic mass is 10.2. The van der Waals surface area contributed by atoms with Gasteiger partial charge in [-0.1, -0.05) is 0 Å². The van der Waals surface area contributed by atoms with Gasteiger partial charge in [0.05, 0.1) is 29.9 Å². The first-order chi connectivity index (χ1) is 14.7. The van der Waals surface area contributed by atoms with Gasteiger partial charge in [-0.25, -0.2) is 9.97 Å². The summed E-state index contributed by atoms with van der Waals surface area (Å²) in [6.45, 7) is 2.80. The summed E-state index contributed by atoms with van der Waals surface area (Å²) < 4.78 is 5.47. The van der Waals surface area contributed by atoms with Crippen molar-refractivity contribution < 1.29 is 4.74 Å². The highest BCUT2D eigenvalue weighted by Crippen LogP contribution is 2.26. The maximum Gasteiger partial charge on any atom is 0.228 e. The van der Waals surface area contributed by atoms with Crippen molar-refractivity contribution in [2.24, 2.45) is 0 Å². The van der Waals surface area contributed by atoms with Crippen LogP contribution in [0.15, 0.2) is 55.0 Å². The monoisotopic (exact) mass is 400 g/mol. The zero-order valence-corrected chi connectivity index (χ0v) is 16.2. The third kappa shape index (κ3) is 3.83. The molecule has 0 bridgehead atoms. The van der Waals surface area contributed by atoms with Gasteiger partial charge in [0.15, 0.2) is 0 Å². The molecule has 3 aromatic heterocycles. The lowest BCUT2D eigenvalue weighted by molar-refractivity contribution is 0.122. The highest BCUT2D eigenvalue weighted by molar-refractivity contribution is 5.79. The lowest BCUT2D eigenvalue weighted by Crippen LogP contribution is -2.37. The van der Waals surface area contributed by atoms with Crippen LogP contribution < -0.4 is 16.0 Å². The van der Waals surface area contributed by atoms with Crippen LogP contribution in [0.2, 0.25) is 0 Å². The Labute approximate surface area is 173 Å². The molecule has 5 rings (SSSR count). The number of hydrogen-bond donors (Lipinski definition) is 2. The van der Waals surface area contributed by atoms with Gasteiger partial charge in [0, 0.05) is 49.0 Å². The maximum atomic E-state index is 5.74. The van der Waals surface area contributed by atoms with E-state index < -0.39 is 0 Å². The van der Waals surface area contributed by atoms with Crippen LogP contribution in [0.1, 0.15) is 0 Å². The van der Waals surface area contributed by atoms with E-state index in [0.717, 1.165) is 41.1 Å². The Morgan fingerprint density at radius 1 is 0.900 bits per heavy atom. The number of benzene rings is 1. The number of anilines is 4. The average Bonchev–Trinajstić information content (AvgIpc) is 2.80. The minimum atomic E-state index is 0.469. The molecule has 0 atom stereocenters. The summed E-state index contributed by atoms with van der Waals surface area (Å²) in [5.41, 5.74) is 9.90. The molecule has 30 heavy (non-hydrogen) atoms. The Balaban J connectivity index is 1.53. The summed E-state index contributed by atoms with van der Waals surface area (Å²) >= 11 is 0. The molecule has 9 heteroatoms. The van der Waals surface area contributed by atoms with E-state index in [9.17, 15) is 0 Å². The number of nitrogen functional groups attached to an aromatic ring is 1. The Bertz CT molecular complexity index is 1180. The van der Waals surface area contributed by atoms with Crippen LogP contribution in [0.4, 0.5) is 23.3 Å². The predicted molar refractivity (Wildman–Crippen MR) is 116 cm³/mol. The second-order valence-electron chi connectivity index (χ2n) is 6.89. The van der Waals surface area contributed by atoms with Gasteiger partial charge in [-0.15, -0.1) is 0 Å². The van der Waals surface area contributed by atoms with Crippen LogP contribution in [0.25, 0.3) is 22.3 Å². The molecule has 0 spiro atoms. The van der Waals surface area contributed by atoms with E-state index in [2.05, 4.69) is 25.2 Å². The van der Waals surface area contributed by atoms with E-state index in [4.69, 9.17) is 20.4 Å². The van der Waals surface area contributed by atoms with Crippen LogP contribution in [-0.2, 0) is 4.74 Å². The van der Waals surface area contributed by atoms with Crippen LogP contribution in [-0.4, -0.2) is 51.2 Å². The number of nitrogens with one attached hydrogen (secondary N) is 1. The normalized spacial score (nSPS) is 14.1. The Morgan fingerprint density at radius 3 is 2.53 bits per heavy atom. The van der Waals surface area contributed by atoms with E-state index >= 15 is 0 Å². The molecule has 3 N–H and O–H groups in total. The fourth-order valence-electron chi connectivity index (χ4n) is 3.30. The zero-order valence-electron chi connectivity index (χ0n) is 16.2. The topological polar surface area (TPSA) is 115 Å². The molecular formula is C21H20N8O. The summed E-state index contributed by atoms with van der Waals surface area (Å²) in [7, 11) is 0. The smallest absolute Gasteiger partial charge is 0.228 e. The van der Waals surface area contributed by atoms with Crippen LogP contribution in [0.3, 0.4) is 0 Å². The fraction of sp³-hybridized carbons (Fsp3) is 0.190. The molecule has 1 fully saturated rings. The zero-order chi connectivity index (χ0) is 20.3. The standard InChI is InChI=1S/C21H20N8O/c22-19-4-1-14(13-25-19)17-12-20(28-21(27-17)29-7-9-30-10-8-29)26-15-2-3-16-18(11-15)24-6-5-23-16/h1-6,11-13H,7-10H2,(H2,22,25)(H,26,27,28). The van der Waals surface area contributed by atoms with Crippen LogP contribution in [0, 0.1) is 0 Å². The van der Waals surface area contributed by atoms with E-state index in [-0.39, 0.29) is 0 Å². The Kier molecular flexibility index (Phi) is 4.78. The molecule has 4 aromatic rings. The summed E-state index contributed by atoms with van der Waals surface area (Å²) in [4.78, 5) is 24.5. The molecule has 0 aliphatic carbocycles. The number of hydrogen-bond acceptors (Lipinski definition) is 9. The molecule has 150 valence electrons. The van der Waals surface area contributed by atoms with Crippen molar-refractivity contribution in [3.8, 4) is 11.3 Å². The third-order valence-corrected chi connectivity index (χ3v) is 4.83. The van der Waals surface area contributed by atoms with E-state index in [1.807, 2.05) is 30.3 Å². The van der Waals surface area contributed by atoms with Gasteiger partial charge in [0.2, 0.25) is 5.95 Å². The minimum absolute atomic E-state index is 0.469. The number of nitrogens with two attached hydrogens (primary N) is 1. The van der Waals surface area contributed by atoms with Crippen molar-refractivity contribution in [3.05, 3.63) is 55.0 Å². The number of ether oxygens (including phenoxy) is 1. The van der Waals surface area contributed by atoms with Crippen molar-refractivity contribution in [1.29, 1.82) is 0 Å². The second-order valence-corrected chi connectivity index (χ2v) is 6.89. The highest BCUT2D eigenvalue weighted by atomic mass is 16.5. The van der Waals surface area contributed by atoms with Gasteiger partial charge in [-0.05, 0) is 30.3 Å². The Morgan fingerprint density at radius 2 is 1.73 bits per heavy atom. The van der Waals surface area contributed by atoms with Crippen molar-refractivity contribution in [2.75, 3.05) is 42.3 Å². The molecule has 0 amide bonds. The minimum Gasteiger partial charge on any atom is -0.384 e. The van der Waals surface area contributed by atoms with E-state index in [1.54, 1.807) is 24.7 Å². The highest BCUT2D eigenvalue weighted by Gasteiger charge is 2.17. The largest absolute Gasteiger partial charge is 0.384 e. The molecule has 9 nitrogen and oxygen atoms in total. The quantitative estimate of drug-likeness (QED) is 0.533. The second kappa shape index (κ2) is 7.88. The average molecular weight is 400 g/mol. The Hall–Kier alpha value is -3.85. The number of pyridine rings is 1. The van der Waals surface area contributed by atoms with Crippen LogP contribution in [0.5, 0.6) is 0 Å². The number of fused-ring (bicyclic) bond motifs is 1. The molecule has 1 saturated heterocycles. The van der Waals surface area contributed by atoms with Crippen LogP contribution >= 0.6 is 0 Å². The SMILES string of the molecule is Nc1ccc(-c2cc(Nc3ccc4nccnc4c3)nc(N3CCOCC3)n2)cn1. The summed E-state index contributed by atoms with van der Waals surface area (Å²) in [6, 6.07) is 11.4.